The fourth-order valence-electron chi connectivity index (χ4n) is 4.06. The van der Waals surface area contributed by atoms with Crippen molar-refractivity contribution in [1.29, 1.82) is 0 Å². The fraction of sp³-hybridized carbons (Fsp3) is 0.579. The van der Waals surface area contributed by atoms with Crippen LogP contribution in [0.5, 0.6) is 0 Å². The maximum absolute atomic E-state index is 12.5. The summed E-state index contributed by atoms with van der Waals surface area (Å²) in [6.45, 7) is 0. The van der Waals surface area contributed by atoms with Gasteiger partial charge in [-0.15, -0.1) is 0 Å². The lowest BCUT2D eigenvalue weighted by Gasteiger charge is -2.29. The second kappa shape index (κ2) is 6.93. The third-order valence-corrected chi connectivity index (χ3v) is 5.49. The van der Waals surface area contributed by atoms with Gasteiger partial charge in [0.1, 0.15) is 5.54 Å². The van der Waals surface area contributed by atoms with Gasteiger partial charge in [0.2, 0.25) is 5.91 Å². The van der Waals surface area contributed by atoms with E-state index in [1.54, 1.807) is 7.11 Å². The molecule has 1 fully saturated rings. The highest BCUT2D eigenvalue weighted by Crippen LogP contribution is 2.32. The van der Waals surface area contributed by atoms with Crippen molar-refractivity contribution >= 4 is 11.9 Å². The number of fused-ring (bicyclic) bond motifs is 1. The predicted molar refractivity (Wildman–Crippen MR) is 89.7 cm³/mol. The Balaban J connectivity index is 1.61. The Labute approximate surface area is 142 Å². The first-order chi connectivity index (χ1) is 11.5. The Bertz CT molecular complexity index is 595. The van der Waals surface area contributed by atoms with Crippen LogP contribution in [0.1, 0.15) is 43.2 Å². The fourth-order valence-corrected chi connectivity index (χ4v) is 4.06. The van der Waals surface area contributed by atoms with Crippen LogP contribution in [0.3, 0.4) is 0 Å². The Morgan fingerprint density at radius 1 is 1.17 bits per heavy atom. The summed E-state index contributed by atoms with van der Waals surface area (Å²) in [7, 11) is 1.73. The Morgan fingerprint density at radius 3 is 2.25 bits per heavy atom. The molecule has 5 heteroatoms. The molecule has 1 aromatic carbocycles. The van der Waals surface area contributed by atoms with Crippen LogP contribution in [0.25, 0.3) is 0 Å². The van der Waals surface area contributed by atoms with E-state index in [0.717, 1.165) is 36.8 Å². The first-order valence-electron chi connectivity index (χ1n) is 8.66. The Morgan fingerprint density at radius 2 is 1.75 bits per heavy atom. The summed E-state index contributed by atoms with van der Waals surface area (Å²) in [6.07, 6.45) is 5.31. The SMILES string of the molecule is COC1CCC(CC(=O)NC2(C(=O)O)Cc3ccccc3C2)CC1. The summed E-state index contributed by atoms with van der Waals surface area (Å²) in [5, 5.41) is 12.6. The number of hydrogen-bond acceptors (Lipinski definition) is 3. The first kappa shape index (κ1) is 17.0. The quantitative estimate of drug-likeness (QED) is 0.868. The zero-order valence-electron chi connectivity index (χ0n) is 14.1. The van der Waals surface area contributed by atoms with Crippen LogP contribution in [-0.2, 0) is 27.2 Å². The van der Waals surface area contributed by atoms with E-state index in [2.05, 4.69) is 5.32 Å². The molecule has 5 nitrogen and oxygen atoms in total. The van der Waals surface area contributed by atoms with Gasteiger partial charge in [-0.2, -0.15) is 0 Å². The highest BCUT2D eigenvalue weighted by atomic mass is 16.5. The molecule has 0 aliphatic heterocycles. The lowest BCUT2D eigenvalue weighted by Crippen LogP contribution is -2.55. The van der Waals surface area contributed by atoms with Gasteiger partial charge >= 0.3 is 5.97 Å². The zero-order valence-corrected chi connectivity index (χ0v) is 14.1. The number of rotatable bonds is 5. The standard InChI is InChI=1S/C19H25NO4/c1-24-16-8-6-13(7-9-16)10-17(21)20-19(18(22)23)11-14-4-2-3-5-15(14)12-19/h2-5,13,16H,6-12H2,1H3,(H,20,21)(H,22,23). The normalized spacial score (nSPS) is 25.0. The summed E-state index contributed by atoms with van der Waals surface area (Å²) < 4.78 is 5.36. The molecule has 2 aliphatic carbocycles. The summed E-state index contributed by atoms with van der Waals surface area (Å²) >= 11 is 0. The third kappa shape index (κ3) is 3.46. The summed E-state index contributed by atoms with van der Waals surface area (Å²) in [4.78, 5) is 24.3. The molecule has 0 radical (unpaired) electrons. The number of aliphatic carboxylic acids is 1. The summed E-state index contributed by atoms with van der Waals surface area (Å²) in [5.74, 6) is -0.771. The molecule has 24 heavy (non-hydrogen) atoms. The maximum Gasteiger partial charge on any atom is 0.330 e. The summed E-state index contributed by atoms with van der Waals surface area (Å²) in [5.41, 5.74) is 0.839. The second-order valence-corrected chi connectivity index (χ2v) is 7.14. The second-order valence-electron chi connectivity index (χ2n) is 7.14. The molecule has 0 heterocycles. The van der Waals surface area contributed by atoms with E-state index in [0.29, 0.717) is 31.3 Å². The van der Waals surface area contributed by atoms with E-state index in [1.807, 2.05) is 24.3 Å². The molecule has 0 bridgehead atoms. The highest BCUT2D eigenvalue weighted by molar-refractivity contribution is 5.88. The largest absolute Gasteiger partial charge is 0.479 e. The van der Waals surface area contributed by atoms with Crippen molar-refractivity contribution in [3.8, 4) is 0 Å². The number of amides is 1. The molecule has 2 N–H and O–H groups in total. The van der Waals surface area contributed by atoms with Crippen LogP contribution >= 0.6 is 0 Å². The number of carboxylic acid groups (broad SMARTS) is 1. The molecular formula is C19H25NO4. The number of methoxy groups -OCH3 is 1. The van der Waals surface area contributed by atoms with Gasteiger partial charge in [-0.1, -0.05) is 24.3 Å². The maximum atomic E-state index is 12.5. The average molecular weight is 331 g/mol. The van der Waals surface area contributed by atoms with E-state index in [1.165, 1.54) is 0 Å². The number of hydrogen-bond donors (Lipinski definition) is 2. The molecule has 1 saturated carbocycles. The van der Waals surface area contributed by atoms with Crippen molar-refractivity contribution < 1.29 is 19.4 Å². The minimum Gasteiger partial charge on any atom is -0.479 e. The van der Waals surface area contributed by atoms with Crippen LogP contribution in [0.15, 0.2) is 24.3 Å². The van der Waals surface area contributed by atoms with Gasteiger partial charge in [0.05, 0.1) is 6.10 Å². The van der Waals surface area contributed by atoms with Gasteiger partial charge < -0.3 is 15.2 Å². The Hall–Kier alpha value is -1.88. The highest BCUT2D eigenvalue weighted by Gasteiger charge is 2.45. The van der Waals surface area contributed by atoms with Gasteiger partial charge in [0.25, 0.3) is 0 Å². The van der Waals surface area contributed by atoms with Gasteiger partial charge in [-0.3, -0.25) is 4.79 Å². The van der Waals surface area contributed by atoms with Crippen LogP contribution in [0, 0.1) is 5.92 Å². The number of carbonyl (C=O) groups excluding carboxylic acids is 1. The smallest absolute Gasteiger partial charge is 0.330 e. The van der Waals surface area contributed by atoms with Gasteiger partial charge in [-0.25, -0.2) is 4.79 Å². The molecule has 130 valence electrons. The molecule has 0 unspecified atom stereocenters. The van der Waals surface area contributed by atoms with Crippen molar-refractivity contribution in [2.75, 3.05) is 7.11 Å². The molecular weight excluding hydrogens is 306 g/mol. The molecule has 1 aromatic rings. The van der Waals surface area contributed by atoms with Crippen molar-refractivity contribution in [1.82, 2.24) is 5.32 Å². The van der Waals surface area contributed by atoms with Gasteiger partial charge in [0.15, 0.2) is 0 Å². The van der Waals surface area contributed by atoms with E-state index in [4.69, 9.17) is 4.74 Å². The number of carbonyl (C=O) groups is 2. The van der Waals surface area contributed by atoms with Gasteiger partial charge in [-0.05, 0) is 42.7 Å². The summed E-state index contributed by atoms with van der Waals surface area (Å²) in [6, 6.07) is 7.70. The predicted octanol–water partition coefficient (Wildman–Crippen LogP) is 2.32. The molecule has 0 aromatic heterocycles. The van der Waals surface area contributed by atoms with Gasteiger partial charge in [0, 0.05) is 26.4 Å². The van der Waals surface area contributed by atoms with Crippen molar-refractivity contribution in [2.24, 2.45) is 5.92 Å². The number of nitrogens with one attached hydrogen (secondary N) is 1. The van der Waals surface area contributed by atoms with Crippen LogP contribution in [0.2, 0.25) is 0 Å². The minimum atomic E-state index is -1.19. The number of benzene rings is 1. The van der Waals surface area contributed by atoms with E-state index in [9.17, 15) is 14.7 Å². The minimum absolute atomic E-state index is 0.147. The molecule has 0 saturated heterocycles. The van der Waals surface area contributed by atoms with Crippen LogP contribution in [-0.4, -0.2) is 35.7 Å². The third-order valence-electron chi connectivity index (χ3n) is 5.49. The van der Waals surface area contributed by atoms with Crippen LogP contribution < -0.4 is 5.32 Å². The molecule has 2 aliphatic rings. The zero-order chi connectivity index (χ0) is 17.2. The lowest BCUT2D eigenvalue weighted by molar-refractivity contribution is -0.147. The molecule has 0 spiro atoms. The monoisotopic (exact) mass is 331 g/mol. The molecule has 3 rings (SSSR count). The molecule has 0 atom stereocenters. The van der Waals surface area contributed by atoms with E-state index in [-0.39, 0.29) is 5.91 Å². The van der Waals surface area contributed by atoms with Crippen molar-refractivity contribution in [3.63, 3.8) is 0 Å². The van der Waals surface area contributed by atoms with E-state index < -0.39 is 11.5 Å². The number of carboxylic acids is 1. The lowest BCUT2D eigenvalue weighted by atomic mass is 9.84. The van der Waals surface area contributed by atoms with E-state index >= 15 is 0 Å². The topological polar surface area (TPSA) is 75.6 Å². The molecule has 1 amide bonds. The van der Waals surface area contributed by atoms with Crippen molar-refractivity contribution in [3.05, 3.63) is 35.4 Å². The first-order valence-corrected chi connectivity index (χ1v) is 8.66. The average Bonchev–Trinajstić information content (AvgIpc) is 2.94. The Kier molecular flexibility index (Phi) is 4.90. The van der Waals surface area contributed by atoms with Crippen molar-refractivity contribution in [2.45, 2.75) is 56.6 Å². The van der Waals surface area contributed by atoms with Crippen LogP contribution in [0.4, 0.5) is 0 Å². The number of ether oxygens (including phenoxy) is 1.